The average molecular weight is 299 g/mol. The lowest BCUT2D eigenvalue weighted by atomic mass is 10.0. The van der Waals surface area contributed by atoms with Gasteiger partial charge < -0.3 is 4.40 Å². The highest BCUT2D eigenvalue weighted by molar-refractivity contribution is 5.94. The zero-order valence-electron chi connectivity index (χ0n) is 12.3. The van der Waals surface area contributed by atoms with Crippen molar-refractivity contribution in [1.82, 2.24) is 24.6 Å². The topological polar surface area (TPSA) is 58.9 Å². The van der Waals surface area contributed by atoms with Crippen molar-refractivity contribution in [2.75, 3.05) is 0 Å². The minimum Gasteiger partial charge on any atom is -0.307 e. The molecule has 110 valence electrons. The molecule has 0 aliphatic rings. The van der Waals surface area contributed by atoms with Gasteiger partial charge >= 0.3 is 0 Å². The smallest absolute Gasteiger partial charge is 0.144 e. The summed E-state index contributed by atoms with van der Waals surface area (Å²) in [6, 6.07) is 12.5. The number of benzene rings is 1. The van der Waals surface area contributed by atoms with E-state index < -0.39 is 0 Å². The molecule has 0 aliphatic carbocycles. The fraction of sp³-hybridized carbons (Fsp3) is 0.0556. The van der Waals surface area contributed by atoms with E-state index in [9.17, 15) is 0 Å². The number of aromatic amines is 1. The van der Waals surface area contributed by atoms with Crippen molar-refractivity contribution in [2.24, 2.45) is 0 Å². The Morgan fingerprint density at radius 3 is 3.00 bits per heavy atom. The van der Waals surface area contributed by atoms with Gasteiger partial charge in [0.1, 0.15) is 16.7 Å². The molecule has 23 heavy (non-hydrogen) atoms. The first-order chi connectivity index (χ1) is 11.4. The summed E-state index contributed by atoms with van der Waals surface area (Å²) in [7, 11) is 0. The Morgan fingerprint density at radius 2 is 2.00 bits per heavy atom. The van der Waals surface area contributed by atoms with Crippen LogP contribution in [0.15, 0.2) is 61.2 Å². The summed E-state index contributed by atoms with van der Waals surface area (Å²) >= 11 is 0. The summed E-state index contributed by atoms with van der Waals surface area (Å²) in [4.78, 5) is 8.86. The molecule has 5 nitrogen and oxygen atoms in total. The van der Waals surface area contributed by atoms with Gasteiger partial charge in [0.05, 0.1) is 5.69 Å². The maximum atomic E-state index is 4.43. The Hall–Kier alpha value is -3.21. The third-order valence-corrected chi connectivity index (χ3v) is 4.20. The van der Waals surface area contributed by atoms with Crippen molar-refractivity contribution >= 4 is 27.5 Å². The quantitative estimate of drug-likeness (QED) is 0.544. The predicted molar refractivity (Wildman–Crippen MR) is 89.4 cm³/mol. The van der Waals surface area contributed by atoms with E-state index in [4.69, 9.17) is 0 Å². The molecule has 1 N–H and O–H groups in total. The first-order valence-corrected chi connectivity index (χ1v) is 7.51. The fourth-order valence-corrected chi connectivity index (χ4v) is 3.09. The van der Waals surface area contributed by atoms with Crippen LogP contribution in [0.2, 0.25) is 0 Å². The van der Waals surface area contributed by atoms with Crippen LogP contribution in [0.5, 0.6) is 0 Å². The Labute approximate surface area is 131 Å². The monoisotopic (exact) mass is 299 g/mol. The number of imidazole rings is 1. The van der Waals surface area contributed by atoms with Crippen molar-refractivity contribution in [3.63, 3.8) is 0 Å². The van der Waals surface area contributed by atoms with Crippen molar-refractivity contribution in [3.8, 4) is 0 Å². The number of rotatable bonds is 2. The molecule has 4 aromatic heterocycles. The summed E-state index contributed by atoms with van der Waals surface area (Å²) in [5, 5.41) is 9.77. The standard InChI is InChI=1S/C18H13N5/c1-2-15-17(19-6-1)16(22-21-15)11-12-3-4-14-13(10-12)5-8-23-9-7-20-18(14)23/h1-10H,11H2,(H,21,22). The minimum absolute atomic E-state index is 0.781. The number of hydrogen-bond donors (Lipinski definition) is 1. The van der Waals surface area contributed by atoms with Crippen molar-refractivity contribution in [2.45, 2.75) is 6.42 Å². The second kappa shape index (κ2) is 4.64. The number of H-pyrrole nitrogens is 1. The summed E-state index contributed by atoms with van der Waals surface area (Å²) in [5.41, 5.74) is 5.10. The predicted octanol–water partition coefficient (Wildman–Crippen LogP) is 3.35. The van der Waals surface area contributed by atoms with E-state index in [0.717, 1.165) is 34.2 Å². The fourth-order valence-electron chi connectivity index (χ4n) is 3.09. The SMILES string of the molecule is c1cnc2c(Cc3ccc4c(ccn5ccnc45)c3)[nH]nc2c1. The van der Waals surface area contributed by atoms with Crippen LogP contribution >= 0.6 is 0 Å². The first-order valence-electron chi connectivity index (χ1n) is 7.51. The molecule has 4 heterocycles. The van der Waals surface area contributed by atoms with Gasteiger partial charge in [0.25, 0.3) is 0 Å². The van der Waals surface area contributed by atoms with E-state index in [0.29, 0.717) is 0 Å². The van der Waals surface area contributed by atoms with Crippen molar-refractivity contribution < 1.29 is 0 Å². The lowest BCUT2D eigenvalue weighted by Gasteiger charge is -2.04. The van der Waals surface area contributed by atoms with Crippen LogP contribution in [0.1, 0.15) is 11.3 Å². The molecule has 0 atom stereocenters. The summed E-state index contributed by atoms with van der Waals surface area (Å²) in [6.45, 7) is 0. The van der Waals surface area contributed by atoms with Crippen LogP contribution in [0.25, 0.3) is 27.5 Å². The van der Waals surface area contributed by atoms with E-state index in [1.54, 1.807) is 6.20 Å². The largest absolute Gasteiger partial charge is 0.307 e. The molecule has 0 radical (unpaired) electrons. The number of nitrogens with zero attached hydrogens (tertiary/aromatic N) is 4. The van der Waals surface area contributed by atoms with E-state index in [2.05, 4.69) is 44.4 Å². The van der Waals surface area contributed by atoms with Gasteiger partial charge in [0.2, 0.25) is 0 Å². The van der Waals surface area contributed by atoms with Crippen molar-refractivity contribution in [3.05, 3.63) is 72.4 Å². The number of aromatic nitrogens is 5. The third-order valence-electron chi connectivity index (χ3n) is 4.20. The van der Waals surface area contributed by atoms with Crippen LogP contribution < -0.4 is 0 Å². The van der Waals surface area contributed by atoms with Gasteiger partial charge in [-0.25, -0.2) is 4.98 Å². The van der Waals surface area contributed by atoms with Gasteiger partial charge in [-0.15, -0.1) is 0 Å². The second-order valence-corrected chi connectivity index (χ2v) is 5.65. The molecule has 5 rings (SSSR count). The Morgan fingerprint density at radius 1 is 1.00 bits per heavy atom. The normalized spacial score (nSPS) is 11.7. The molecule has 0 saturated carbocycles. The lowest BCUT2D eigenvalue weighted by molar-refractivity contribution is 1.01. The Kier molecular flexibility index (Phi) is 2.49. The summed E-state index contributed by atoms with van der Waals surface area (Å²) in [5.74, 6) is 0. The molecule has 0 amide bonds. The molecule has 0 unspecified atom stereocenters. The summed E-state index contributed by atoms with van der Waals surface area (Å²) < 4.78 is 2.04. The van der Waals surface area contributed by atoms with Crippen LogP contribution in [-0.2, 0) is 6.42 Å². The molecule has 1 aromatic carbocycles. The molecule has 0 spiro atoms. The molecule has 5 heteroatoms. The summed E-state index contributed by atoms with van der Waals surface area (Å²) in [6.07, 6.45) is 8.41. The third kappa shape index (κ3) is 1.90. The van der Waals surface area contributed by atoms with E-state index in [1.165, 1.54) is 10.9 Å². The first kappa shape index (κ1) is 12.3. The van der Waals surface area contributed by atoms with E-state index in [1.807, 2.05) is 35.1 Å². The van der Waals surface area contributed by atoms with Crippen LogP contribution in [0, 0.1) is 0 Å². The van der Waals surface area contributed by atoms with Gasteiger partial charge in [-0.3, -0.25) is 10.1 Å². The van der Waals surface area contributed by atoms with Gasteiger partial charge in [-0.1, -0.05) is 18.2 Å². The molecule has 0 aliphatic heterocycles. The van der Waals surface area contributed by atoms with Crippen LogP contribution in [0.4, 0.5) is 0 Å². The molecular weight excluding hydrogens is 286 g/mol. The zero-order chi connectivity index (χ0) is 15.2. The highest BCUT2D eigenvalue weighted by Gasteiger charge is 2.08. The van der Waals surface area contributed by atoms with Crippen LogP contribution in [0.3, 0.4) is 0 Å². The molecule has 0 bridgehead atoms. The minimum atomic E-state index is 0.781. The van der Waals surface area contributed by atoms with Gasteiger partial charge in [0.15, 0.2) is 0 Å². The van der Waals surface area contributed by atoms with Gasteiger partial charge in [-0.2, -0.15) is 5.10 Å². The van der Waals surface area contributed by atoms with E-state index in [-0.39, 0.29) is 0 Å². The highest BCUT2D eigenvalue weighted by Crippen LogP contribution is 2.22. The number of nitrogens with one attached hydrogen (secondary N) is 1. The number of pyridine rings is 2. The highest BCUT2D eigenvalue weighted by atomic mass is 15.1. The van der Waals surface area contributed by atoms with Gasteiger partial charge in [-0.05, 0) is 29.1 Å². The lowest BCUT2D eigenvalue weighted by Crippen LogP contribution is -1.92. The van der Waals surface area contributed by atoms with E-state index >= 15 is 0 Å². The van der Waals surface area contributed by atoms with Crippen molar-refractivity contribution in [1.29, 1.82) is 0 Å². The van der Waals surface area contributed by atoms with Crippen LogP contribution in [-0.4, -0.2) is 24.6 Å². The molecule has 0 fully saturated rings. The maximum absolute atomic E-state index is 4.43. The average Bonchev–Trinajstić information content (AvgIpc) is 3.22. The zero-order valence-corrected chi connectivity index (χ0v) is 12.3. The Balaban J connectivity index is 1.61. The second-order valence-electron chi connectivity index (χ2n) is 5.65. The Bertz CT molecular complexity index is 1150. The molecule has 5 aromatic rings. The number of hydrogen-bond acceptors (Lipinski definition) is 3. The molecular formula is C18H13N5. The number of fused-ring (bicyclic) bond motifs is 4. The maximum Gasteiger partial charge on any atom is 0.144 e. The van der Waals surface area contributed by atoms with Gasteiger partial charge in [0, 0.05) is 36.6 Å². The molecule has 0 saturated heterocycles.